The Morgan fingerprint density at radius 1 is 1.38 bits per heavy atom. The van der Waals surface area contributed by atoms with E-state index in [4.69, 9.17) is 4.42 Å². The SMILES string of the molecule is CNC(C)c1cnc(-c2cccc(C)c2)o1. The minimum atomic E-state index is 0.186. The number of rotatable bonds is 3. The number of benzene rings is 1. The molecule has 0 fully saturated rings. The van der Waals surface area contributed by atoms with Crippen LogP contribution >= 0.6 is 0 Å². The Balaban J connectivity index is 2.31. The van der Waals surface area contributed by atoms with Crippen molar-refractivity contribution >= 4 is 0 Å². The number of oxazole rings is 1. The highest BCUT2D eigenvalue weighted by Gasteiger charge is 2.10. The van der Waals surface area contributed by atoms with Crippen LogP contribution in [0.3, 0.4) is 0 Å². The van der Waals surface area contributed by atoms with Crippen LogP contribution in [0.15, 0.2) is 34.9 Å². The summed E-state index contributed by atoms with van der Waals surface area (Å²) in [5.41, 5.74) is 2.23. The zero-order valence-electron chi connectivity index (χ0n) is 9.82. The topological polar surface area (TPSA) is 38.1 Å². The molecule has 1 aromatic heterocycles. The van der Waals surface area contributed by atoms with Crippen LogP contribution in [-0.2, 0) is 0 Å². The average Bonchev–Trinajstić information content (AvgIpc) is 2.77. The van der Waals surface area contributed by atoms with Crippen LogP contribution in [0.4, 0.5) is 0 Å². The molecule has 0 aliphatic heterocycles. The van der Waals surface area contributed by atoms with Gasteiger partial charge in [0.2, 0.25) is 5.89 Å². The van der Waals surface area contributed by atoms with E-state index in [1.807, 2.05) is 26.1 Å². The van der Waals surface area contributed by atoms with Crippen molar-refractivity contribution in [2.45, 2.75) is 19.9 Å². The van der Waals surface area contributed by atoms with Gasteiger partial charge in [0.1, 0.15) is 5.76 Å². The van der Waals surface area contributed by atoms with Gasteiger partial charge in [-0.1, -0.05) is 17.7 Å². The van der Waals surface area contributed by atoms with Gasteiger partial charge < -0.3 is 9.73 Å². The quantitative estimate of drug-likeness (QED) is 0.857. The van der Waals surface area contributed by atoms with Gasteiger partial charge in [-0.25, -0.2) is 4.98 Å². The molecule has 16 heavy (non-hydrogen) atoms. The first-order chi connectivity index (χ1) is 7.70. The molecule has 0 bridgehead atoms. The second-order valence-electron chi connectivity index (χ2n) is 3.95. The lowest BCUT2D eigenvalue weighted by atomic mass is 10.1. The van der Waals surface area contributed by atoms with Crippen LogP contribution in [-0.4, -0.2) is 12.0 Å². The Kier molecular flexibility index (Phi) is 3.06. The van der Waals surface area contributed by atoms with Crippen molar-refractivity contribution < 1.29 is 4.42 Å². The molecule has 1 N–H and O–H groups in total. The number of nitrogens with zero attached hydrogens (tertiary/aromatic N) is 1. The summed E-state index contributed by atoms with van der Waals surface area (Å²) in [6.45, 7) is 4.10. The first kappa shape index (κ1) is 10.9. The van der Waals surface area contributed by atoms with E-state index in [-0.39, 0.29) is 6.04 Å². The van der Waals surface area contributed by atoms with Crippen LogP contribution in [0.25, 0.3) is 11.5 Å². The molecule has 0 aliphatic carbocycles. The molecule has 0 amide bonds. The zero-order valence-corrected chi connectivity index (χ0v) is 9.82. The Bertz CT molecular complexity index is 476. The standard InChI is InChI=1S/C13H16N2O/c1-9-5-4-6-11(7-9)13-15-8-12(16-13)10(2)14-3/h4-8,10,14H,1-3H3. The number of hydrogen-bond acceptors (Lipinski definition) is 3. The third kappa shape index (κ3) is 2.14. The minimum absolute atomic E-state index is 0.186. The van der Waals surface area contributed by atoms with Crippen molar-refractivity contribution in [3.8, 4) is 11.5 Å². The highest BCUT2D eigenvalue weighted by Crippen LogP contribution is 2.22. The summed E-state index contributed by atoms with van der Waals surface area (Å²) in [4.78, 5) is 4.29. The van der Waals surface area contributed by atoms with E-state index >= 15 is 0 Å². The van der Waals surface area contributed by atoms with E-state index in [2.05, 4.69) is 29.4 Å². The van der Waals surface area contributed by atoms with Gasteiger partial charge in [0.15, 0.2) is 0 Å². The van der Waals surface area contributed by atoms with Crippen molar-refractivity contribution in [3.05, 3.63) is 41.8 Å². The lowest BCUT2D eigenvalue weighted by Gasteiger charge is -2.04. The summed E-state index contributed by atoms with van der Waals surface area (Å²) >= 11 is 0. The number of hydrogen-bond donors (Lipinski definition) is 1. The highest BCUT2D eigenvalue weighted by atomic mass is 16.4. The largest absolute Gasteiger partial charge is 0.440 e. The fraction of sp³-hybridized carbons (Fsp3) is 0.308. The van der Waals surface area contributed by atoms with E-state index in [9.17, 15) is 0 Å². The summed E-state index contributed by atoms with van der Waals surface area (Å²) < 4.78 is 5.70. The Morgan fingerprint density at radius 2 is 2.19 bits per heavy atom. The molecule has 1 unspecified atom stereocenters. The molecule has 2 aromatic rings. The van der Waals surface area contributed by atoms with Crippen molar-refractivity contribution in [1.29, 1.82) is 0 Å². The van der Waals surface area contributed by atoms with Gasteiger partial charge in [-0.3, -0.25) is 0 Å². The van der Waals surface area contributed by atoms with Crippen LogP contribution in [0.5, 0.6) is 0 Å². The normalized spacial score (nSPS) is 12.7. The number of nitrogens with one attached hydrogen (secondary N) is 1. The van der Waals surface area contributed by atoms with E-state index in [0.717, 1.165) is 11.3 Å². The fourth-order valence-corrected chi connectivity index (χ4v) is 1.54. The van der Waals surface area contributed by atoms with Gasteiger partial charge in [0, 0.05) is 5.56 Å². The maximum absolute atomic E-state index is 5.70. The lowest BCUT2D eigenvalue weighted by molar-refractivity contribution is 0.456. The van der Waals surface area contributed by atoms with E-state index in [1.165, 1.54) is 5.56 Å². The highest BCUT2D eigenvalue weighted by molar-refractivity contribution is 5.54. The lowest BCUT2D eigenvalue weighted by Crippen LogP contribution is -2.11. The van der Waals surface area contributed by atoms with Gasteiger partial charge in [0.25, 0.3) is 0 Å². The molecular weight excluding hydrogens is 200 g/mol. The van der Waals surface area contributed by atoms with E-state index < -0.39 is 0 Å². The summed E-state index contributed by atoms with van der Waals surface area (Å²) in [6.07, 6.45) is 1.78. The number of aryl methyl sites for hydroxylation is 1. The van der Waals surface area contributed by atoms with Crippen LogP contribution < -0.4 is 5.32 Å². The molecular formula is C13H16N2O. The van der Waals surface area contributed by atoms with Crippen molar-refractivity contribution in [1.82, 2.24) is 10.3 Å². The minimum Gasteiger partial charge on any atom is -0.440 e. The molecule has 0 radical (unpaired) electrons. The van der Waals surface area contributed by atoms with Gasteiger partial charge in [-0.2, -0.15) is 0 Å². The first-order valence-electron chi connectivity index (χ1n) is 5.40. The predicted molar refractivity (Wildman–Crippen MR) is 64.2 cm³/mol. The predicted octanol–water partition coefficient (Wildman–Crippen LogP) is 2.93. The summed E-state index contributed by atoms with van der Waals surface area (Å²) in [5.74, 6) is 1.54. The van der Waals surface area contributed by atoms with Crippen molar-refractivity contribution in [2.24, 2.45) is 0 Å². The average molecular weight is 216 g/mol. The van der Waals surface area contributed by atoms with E-state index in [1.54, 1.807) is 6.20 Å². The fourth-order valence-electron chi connectivity index (χ4n) is 1.54. The Hall–Kier alpha value is -1.61. The Morgan fingerprint density at radius 3 is 2.88 bits per heavy atom. The molecule has 2 rings (SSSR count). The van der Waals surface area contributed by atoms with E-state index in [0.29, 0.717) is 5.89 Å². The van der Waals surface area contributed by atoms with Gasteiger partial charge in [-0.05, 0) is 33.0 Å². The van der Waals surface area contributed by atoms with Crippen molar-refractivity contribution in [3.63, 3.8) is 0 Å². The smallest absolute Gasteiger partial charge is 0.226 e. The molecule has 3 heteroatoms. The molecule has 1 aromatic carbocycles. The molecule has 0 saturated carbocycles. The van der Waals surface area contributed by atoms with Gasteiger partial charge in [-0.15, -0.1) is 0 Å². The van der Waals surface area contributed by atoms with Crippen LogP contribution in [0.1, 0.15) is 24.3 Å². The number of aromatic nitrogens is 1. The van der Waals surface area contributed by atoms with Crippen LogP contribution in [0.2, 0.25) is 0 Å². The van der Waals surface area contributed by atoms with Gasteiger partial charge in [0.05, 0.1) is 12.2 Å². The van der Waals surface area contributed by atoms with Crippen molar-refractivity contribution in [2.75, 3.05) is 7.05 Å². The molecule has 1 heterocycles. The zero-order chi connectivity index (χ0) is 11.5. The van der Waals surface area contributed by atoms with Crippen LogP contribution in [0, 0.1) is 6.92 Å². The summed E-state index contributed by atoms with van der Waals surface area (Å²) in [5, 5.41) is 3.12. The maximum Gasteiger partial charge on any atom is 0.226 e. The molecule has 0 spiro atoms. The second kappa shape index (κ2) is 4.49. The molecule has 3 nitrogen and oxygen atoms in total. The summed E-state index contributed by atoms with van der Waals surface area (Å²) in [6, 6.07) is 8.33. The molecule has 0 aliphatic rings. The molecule has 0 saturated heterocycles. The Labute approximate surface area is 95.5 Å². The second-order valence-corrected chi connectivity index (χ2v) is 3.95. The molecule has 1 atom stereocenters. The third-order valence-corrected chi connectivity index (χ3v) is 2.65. The summed E-state index contributed by atoms with van der Waals surface area (Å²) in [7, 11) is 1.90. The maximum atomic E-state index is 5.70. The monoisotopic (exact) mass is 216 g/mol. The molecule has 84 valence electrons. The third-order valence-electron chi connectivity index (χ3n) is 2.65. The van der Waals surface area contributed by atoms with Gasteiger partial charge >= 0.3 is 0 Å². The first-order valence-corrected chi connectivity index (χ1v) is 5.40.